The molecule has 2 aliphatic carbocycles. The molecular formula is C10H20N2. The number of nitrogens with two attached hydrogens (primary N) is 1. The van der Waals surface area contributed by atoms with E-state index in [-0.39, 0.29) is 0 Å². The van der Waals surface area contributed by atoms with Gasteiger partial charge in [-0.2, -0.15) is 0 Å². The van der Waals surface area contributed by atoms with Crippen LogP contribution in [0, 0.1) is 11.3 Å². The van der Waals surface area contributed by atoms with Crippen LogP contribution in [-0.4, -0.2) is 19.6 Å². The molecule has 3 N–H and O–H groups in total. The Kier molecular flexibility index (Phi) is 2.37. The Labute approximate surface area is 74.9 Å². The van der Waals surface area contributed by atoms with E-state index in [9.17, 15) is 0 Å². The standard InChI is InChI=1S/C10H20N2/c11-6-1-7-12-8-10(4-5-10)9-2-3-9/h9,12H,1-8,11H2. The summed E-state index contributed by atoms with van der Waals surface area (Å²) in [6, 6.07) is 0. The molecule has 0 radical (unpaired) electrons. The maximum absolute atomic E-state index is 5.43. The third-order valence-corrected chi connectivity index (χ3v) is 3.37. The maximum Gasteiger partial charge on any atom is 0.00105 e. The van der Waals surface area contributed by atoms with Crippen molar-refractivity contribution in [1.29, 1.82) is 0 Å². The summed E-state index contributed by atoms with van der Waals surface area (Å²) in [4.78, 5) is 0. The summed E-state index contributed by atoms with van der Waals surface area (Å²) in [5.74, 6) is 1.09. The van der Waals surface area contributed by atoms with E-state index in [2.05, 4.69) is 5.32 Å². The van der Waals surface area contributed by atoms with Crippen molar-refractivity contribution in [3.63, 3.8) is 0 Å². The number of nitrogens with one attached hydrogen (secondary N) is 1. The van der Waals surface area contributed by atoms with Gasteiger partial charge in [-0.25, -0.2) is 0 Å². The summed E-state index contributed by atoms with van der Waals surface area (Å²) < 4.78 is 0. The minimum atomic E-state index is 0.759. The Balaban J connectivity index is 1.59. The van der Waals surface area contributed by atoms with E-state index in [0.717, 1.165) is 30.8 Å². The zero-order valence-corrected chi connectivity index (χ0v) is 7.81. The molecule has 2 rings (SSSR count). The van der Waals surface area contributed by atoms with Gasteiger partial charge < -0.3 is 11.1 Å². The van der Waals surface area contributed by atoms with E-state index in [0.29, 0.717) is 0 Å². The van der Waals surface area contributed by atoms with E-state index in [1.165, 1.54) is 32.2 Å². The van der Waals surface area contributed by atoms with Crippen LogP contribution in [0.5, 0.6) is 0 Å². The predicted octanol–water partition coefficient (Wildman–Crippen LogP) is 1.11. The Morgan fingerprint density at radius 3 is 2.58 bits per heavy atom. The summed E-state index contributed by atoms with van der Waals surface area (Å²) in [6.07, 6.45) is 7.08. The molecule has 0 amide bonds. The van der Waals surface area contributed by atoms with Gasteiger partial charge in [0.15, 0.2) is 0 Å². The lowest BCUT2D eigenvalue weighted by atomic mass is 10.0. The fourth-order valence-electron chi connectivity index (χ4n) is 2.15. The highest BCUT2D eigenvalue weighted by Crippen LogP contribution is 2.60. The summed E-state index contributed by atoms with van der Waals surface area (Å²) in [7, 11) is 0. The highest BCUT2D eigenvalue weighted by atomic mass is 14.9. The second kappa shape index (κ2) is 3.35. The lowest BCUT2D eigenvalue weighted by molar-refractivity contribution is 0.403. The van der Waals surface area contributed by atoms with Crippen LogP contribution in [0.25, 0.3) is 0 Å². The quantitative estimate of drug-likeness (QED) is 0.583. The summed E-state index contributed by atoms with van der Waals surface area (Å²) in [5.41, 5.74) is 6.18. The number of hydrogen-bond donors (Lipinski definition) is 2. The van der Waals surface area contributed by atoms with Crippen LogP contribution in [-0.2, 0) is 0 Å². The minimum absolute atomic E-state index is 0.759. The van der Waals surface area contributed by atoms with Crippen molar-refractivity contribution in [1.82, 2.24) is 5.32 Å². The molecule has 2 heteroatoms. The largest absolute Gasteiger partial charge is 0.330 e. The van der Waals surface area contributed by atoms with Crippen molar-refractivity contribution in [3.8, 4) is 0 Å². The summed E-state index contributed by atoms with van der Waals surface area (Å²) in [5, 5.41) is 3.53. The molecule has 0 bridgehead atoms. The van der Waals surface area contributed by atoms with Crippen LogP contribution in [0.2, 0.25) is 0 Å². The molecule has 0 aromatic heterocycles. The summed E-state index contributed by atoms with van der Waals surface area (Å²) >= 11 is 0. The van der Waals surface area contributed by atoms with Gasteiger partial charge in [-0.3, -0.25) is 0 Å². The van der Waals surface area contributed by atoms with Crippen LogP contribution in [0.15, 0.2) is 0 Å². The van der Waals surface area contributed by atoms with Crippen LogP contribution in [0.3, 0.4) is 0 Å². The first-order chi connectivity index (χ1) is 5.87. The van der Waals surface area contributed by atoms with E-state index < -0.39 is 0 Å². The van der Waals surface area contributed by atoms with Crippen LogP contribution in [0.1, 0.15) is 32.1 Å². The van der Waals surface area contributed by atoms with Crippen molar-refractivity contribution in [2.45, 2.75) is 32.1 Å². The van der Waals surface area contributed by atoms with Gasteiger partial charge in [0.1, 0.15) is 0 Å². The van der Waals surface area contributed by atoms with Crippen molar-refractivity contribution in [3.05, 3.63) is 0 Å². The van der Waals surface area contributed by atoms with E-state index in [1.54, 1.807) is 0 Å². The van der Waals surface area contributed by atoms with Crippen LogP contribution < -0.4 is 11.1 Å². The van der Waals surface area contributed by atoms with Crippen molar-refractivity contribution in [2.75, 3.05) is 19.6 Å². The maximum atomic E-state index is 5.43. The fourth-order valence-corrected chi connectivity index (χ4v) is 2.15. The topological polar surface area (TPSA) is 38.0 Å². The lowest BCUT2D eigenvalue weighted by Crippen LogP contribution is -2.27. The highest BCUT2D eigenvalue weighted by Gasteiger charge is 2.52. The van der Waals surface area contributed by atoms with E-state index in [1.807, 2.05) is 0 Å². The zero-order chi connectivity index (χ0) is 8.44. The molecule has 0 aromatic carbocycles. The molecule has 12 heavy (non-hydrogen) atoms. The van der Waals surface area contributed by atoms with Crippen molar-refractivity contribution in [2.24, 2.45) is 17.1 Å². The number of rotatable bonds is 6. The SMILES string of the molecule is NCCCNCC1(C2CC2)CC1. The monoisotopic (exact) mass is 168 g/mol. The molecule has 2 aliphatic rings. The van der Waals surface area contributed by atoms with Gasteiger partial charge in [0, 0.05) is 6.54 Å². The summed E-state index contributed by atoms with van der Waals surface area (Å²) in [6.45, 7) is 3.20. The van der Waals surface area contributed by atoms with Crippen LogP contribution >= 0.6 is 0 Å². The molecule has 2 nitrogen and oxygen atoms in total. The molecule has 0 spiro atoms. The van der Waals surface area contributed by atoms with Gasteiger partial charge in [0.05, 0.1) is 0 Å². The smallest absolute Gasteiger partial charge is 0.00105 e. The molecule has 0 heterocycles. The van der Waals surface area contributed by atoms with Crippen molar-refractivity contribution >= 4 is 0 Å². The van der Waals surface area contributed by atoms with Gasteiger partial charge in [0.2, 0.25) is 0 Å². The molecule has 0 aliphatic heterocycles. The first kappa shape index (κ1) is 8.52. The van der Waals surface area contributed by atoms with E-state index in [4.69, 9.17) is 5.73 Å². The predicted molar refractivity (Wildman–Crippen MR) is 50.9 cm³/mol. The third kappa shape index (κ3) is 1.80. The average Bonchev–Trinajstić information content (AvgIpc) is 2.86. The minimum Gasteiger partial charge on any atom is -0.330 e. The molecular weight excluding hydrogens is 148 g/mol. The second-order valence-electron chi connectivity index (χ2n) is 4.46. The Morgan fingerprint density at radius 1 is 1.33 bits per heavy atom. The van der Waals surface area contributed by atoms with Gasteiger partial charge in [-0.1, -0.05) is 0 Å². The van der Waals surface area contributed by atoms with Gasteiger partial charge in [-0.15, -0.1) is 0 Å². The van der Waals surface area contributed by atoms with E-state index >= 15 is 0 Å². The molecule has 70 valence electrons. The first-order valence-electron chi connectivity index (χ1n) is 5.28. The Bertz CT molecular complexity index is 148. The molecule has 0 saturated heterocycles. The van der Waals surface area contributed by atoms with Gasteiger partial charge in [0.25, 0.3) is 0 Å². The number of hydrogen-bond acceptors (Lipinski definition) is 2. The normalized spacial score (nSPS) is 25.8. The zero-order valence-electron chi connectivity index (χ0n) is 7.81. The van der Waals surface area contributed by atoms with Gasteiger partial charge in [-0.05, 0) is 56.5 Å². The highest BCUT2D eigenvalue weighted by molar-refractivity contribution is 5.04. The Hall–Kier alpha value is -0.0800. The third-order valence-electron chi connectivity index (χ3n) is 3.37. The average molecular weight is 168 g/mol. The molecule has 0 atom stereocenters. The van der Waals surface area contributed by atoms with Crippen molar-refractivity contribution < 1.29 is 0 Å². The van der Waals surface area contributed by atoms with Gasteiger partial charge >= 0.3 is 0 Å². The first-order valence-corrected chi connectivity index (χ1v) is 5.28. The second-order valence-corrected chi connectivity index (χ2v) is 4.46. The Morgan fingerprint density at radius 2 is 2.08 bits per heavy atom. The van der Waals surface area contributed by atoms with Crippen LogP contribution in [0.4, 0.5) is 0 Å². The molecule has 2 fully saturated rings. The fraction of sp³-hybridized carbons (Fsp3) is 1.00. The molecule has 0 unspecified atom stereocenters. The lowest BCUT2D eigenvalue weighted by Gasteiger charge is -2.14. The molecule has 0 aromatic rings. The molecule has 2 saturated carbocycles.